The van der Waals surface area contributed by atoms with Gasteiger partial charge < -0.3 is 20.1 Å². The fraction of sp³-hybridized carbons (Fsp3) is 0.569. The van der Waals surface area contributed by atoms with Crippen LogP contribution < -0.4 is 5.73 Å². The van der Waals surface area contributed by atoms with Crippen molar-refractivity contribution in [2.24, 2.45) is 5.73 Å². The van der Waals surface area contributed by atoms with Crippen LogP contribution in [0.2, 0.25) is 0 Å². The van der Waals surface area contributed by atoms with Crippen LogP contribution >= 0.6 is 7.82 Å². The van der Waals surface area contributed by atoms with Gasteiger partial charge in [-0.3, -0.25) is 18.6 Å². The molecule has 0 bridgehead atoms. The highest BCUT2D eigenvalue weighted by atomic mass is 31.2. The Balaban J connectivity index is 4.28. The number of phosphoric ester groups is 1. The van der Waals surface area contributed by atoms with E-state index in [0.29, 0.717) is 19.3 Å². The van der Waals surface area contributed by atoms with Crippen LogP contribution in [-0.4, -0.2) is 49.3 Å². The molecule has 9 nitrogen and oxygen atoms in total. The topological polar surface area (TPSA) is 134 Å². The second-order valence-electron chi connectivity index (χ2n) is 14.5. The van der Waals surface area contributed by atoms with E-state index >= 15 is 0 Å². The zero-order valence-corrected chi connectivity index (χ0v) is 38.7. The molecule has 0 aromatic carbocycles. The Hall–Kier alpha value is -3.59. The number of ether oxygens (including phenoxy) is 2. The molecular weight excluding hydrogens is 786 g/mol. The van der Waals surface area contributed by atoms with Gasteiger partial charge in [0.1, 0.15) is 6.61 Å². The monoisotopic (exact) mass is 868 g/mol. The van der Waals surface area contributed by atoms with Crippen LogP contribution in [0.25, 0.3) is 0 Å². The molecule has 0 rings (SSSR count). The van der Waals surface area contributed by atoms with Crippen LogP contribution in [0.5, 0.6) is 0 Å². The van der Waals surface area contributed by atoms with Crippen molar-refractivity contribution in [2.75, 3.05) is 26.4 Å². The molecule has 0 radical (unpaired) electrons. The summed E-state index contributed by atoms with van der Waals surface area (Å²) in [5.41, 5.74) is 5.35. The summed E-state index contributed by atoms with van der Waals surface area (Å²) in [6.45, 7) is 3.40. The largest absolute Gasteiger partial charge is 0.472 e. The first-order chi connectivity index (χ1) is 29.8. The molecule has 3 N–H and O–H groups in total. The van der Waals surface area contributed by atoms with Crippen LogP contribution in [0, 0.1) is 0 Å². The van der Waals surface area contributed by atoms with E-state index < -0.39 is 32.5 Å². The molecule has 0 amide bonds. The third-order valence-electron chi connectivity index (χ3n) is 8.84. The van der Waals surface area contributed by atoms with Crippen molar-refractivity contribution < 1.29 is 37.6 Å². The number of rotatable bonds is 41. The van der Waals surface area contributed by atoms with E-state index in [4.69, 9.17) is 24.3 Å². The molecule has 61 heavy (non-hydrogen) atoms. The van der Waals surface area contributed by atoms with Gasteiger partial charge in [-0.05, 0) is 96.3 Å². The summed E-state index contributed by atoms with van der Waals surface area (Å²) in [7, 11) is -4.41. The second-order valence-corrected chi connectivity index (χ2v) is 16.0. The van der Waals surface area contributed by atoms with Gasteiger partial charge in [-0.25, -0.2) is 4.57 Å². The number of carbonyl (C=O) groups is 2. The van der Waals surface area contributed by atoms with Crippen molar-refractivity contribution in [1.82, 2.24) is 0 Å². The highest BCUT2D eigenvalue weighted by Gasteiger charge is 2.25. The maximum atomic E-state index is 12.6. The molecule has 0 spiro atoms. The number of esters is 2. The minimum absolute atomic E-state index is 0.0352. The van der Waals surface area contributed by atoms with Gasteiger partial charge >= 0.3 is 19.8 Å². The predicted molar refractivity (Wildman–Crippen MR) is 256 cm³/mol. The summed E-state index contributed by atoms with van der Waals surface area (Å²) in [5.74, 6) is -0.923. The lowest BCUT2D eigenvalue weighted by atomic mass is 10.1. The molecule has 0 saturated carbocycles. The Morgan fingerprint density at radius 2 is 0.869 bits per heavy atom. The zero-order valence-electron chi connectivity index (χ0n) is 37.8. The lowest BCUT2D eigenvalue weighted by molar-refractivity contribution is -0.161. The summed E-state index contributed by atoms with van der Waals surface area (Å²) < 4.78 is 32.8. The number of phosphoric acid groups is 1. The second kappa shape index (κ2) is 45.9. The molecule has 0 aliphatic heterocycles. The highest BCUT2D eigenvalue weighted by molar-refractivity contribution is 7.47. The average molecular weight is 868 g/mol. The summed E-state index contributed by atoms with van der Waals surface area (Å²) in [6, 6.07) is 0. The number of hydrogen-bond acceptors (Lipinski definition) is 8. The molecule has 0 aromatic heterocycles. The fourth-order valence-electron chi connectivity index (χ4n) is 5.52. The molecule has 0 aromatic rings. The van der Waals surface area contributed by atoms with Gasteiger partial charge in [0, 0.05) is 19.4 Å². The molecule has 0 aliphatic rings. The SMILES string of the molecule is CC/C=C\C/C=C\C/C=C\C/C=C\C/C=C\C/C=C\C/C=C\CCCC(=O)OC(COC(=O)CCCCCCCCC/C=C\C/C=C\C/C=C\CC)COP(=O)(O)OCCN. The van der Waals surface area contributed by atoms with E-state index in [-0.39, 0.29) is 32.6 Å². The summed E-state index contributed by atoms with van der Waals surface area (Å²) in [4.78, 5) is 34.9. The van der Waals surface area contributed by atoms with E-state index in [1.54, 1.807) is 0 Å². The van der Waals surface area contributed by atoms with Crippen LogP contribution in [0.3, 0.4) is 0 Å². The molecule has 344 valence electrons. The van der Waals surface area contributed by atoms with Gasteiger partial charge in [-0.1, -0.05) is 167 Å². The first kappa shape index (κ1) is 57.4. The van der Waals surface area contributed by atoms with Crippen molar-refractivity contribution in [1.29, 1.82) is 0 Å². The quantitative estimate of drug-likeness (QED) is 0.0266. The third kappa shape index (κ3) is 45.8. The van der Waals surface area contributed by atoms with Crippen LogP contribution in [-0.2, 0) is 32.7 Å². The number of hydrogen-bond donors (Lipinski definition) is 2. The van der Waals surface area contributed by atoms with Gasteiger partial charge in [0.2, 0.25) is 0 Å². The van der Waals surface area contributed by atoms with E-state index in [0.717, 1.165) is 89.9 Å². The Morgan fingerprint density at radius 3 is 1.31 bits per heavy atom. The number of carbonyl (C=O) groups excluding carboxylic acids is 2. The van der Waals surface area contributed by atoms with Gasteiger partial charge in [0.05, 0.1) is 13.2 Å². The normalized spacial score (nSPS) is 14.4. The lowest BCUT2D eigenvalue weighted by Crippen LogP contribution is -2.29. The minimum atomic E-state index is -4.41. The average Bonchev–Trinajstić information content (AvgIpc) is 3.25. The molecular formula is C51H82NO8P. The standard InChI is InChI=1S/C51H82NO8P/c1-3-5-7-9-11-13-15-17-19-21-22-23-24-25-26-28-30-32-34-36-38-40-42-44-51(54)60-49(48-59-61(55,56)58-46-45-52)47-57-50(53)43-41-39-37-35-33-31-29-27-20-18-16-14-12-10-8-6-4-2/h5-8,11-14,17-20,22-23,25-26,30,32,36,38,49H,3-4,9-10,15-16,21,24,27-29,31,33-35,37,39-48,52H2,1-2H3,(H,55,56)/b7-5-,8-6-,13-11-,14-12-,19-17-,20-18-,23-22-,26-25-,32-30-,38-36-. The van der Waals surface area contributed by atoms with E-state index in [1.807, 2.05) is 6.08 Å². The molecule has 0 aliphatic carbocycles. The van der Waals surface area contributed by atoms with Crippen molar-refractivity contribution in [3.05, 3.63) is 122 Å². The molecule has 2 atom stereocenters. The third-order valence-corrected chi connectivity index (χ3v) is 9.83. The van der Waals surface area contributed by atoms with Crippen molar-refractivity contribution in [3.63, 3.8) is 0 Å². The smallest absolute Gasteiger partial charge is 0.462 e. The predicted octanol–water partition coefficient (Wildman–Crippen LogP) is 13.7. The van der Waals surface area contributed by atoms with Gasteiger partial charge in [-0.15, -0.1) is 0 Å². The maximum absolute atomic E-state index is 12.6. The van der Waals surface area contributed by atoms with E-state index in [9.17, 15) is 19.0 Å². The van der Waals surface area contributed by atoms with E-state index in [1.165, 1.54) is 19.3 Å². The molecule has 0 saturated heterocycles. The first-order valence-corrected chi connectivity index (χ1v) is 24.5. The van der Waals surface area contributed by atoms with Crippen molar-refractivity contribution in [3.8, 4) is 0 Å². The van der Waals surface area contributed by atoms with Gasteiger partial charge in [-0.2, -0.15) is 0 Å². The molecule has 10 heteroatoms. The van der Waals surface area contributed by atoms with Crippen molar-refractivity contribution >= 4 is 19.8 Å². The molecule has 2 unspecified atom stereocenters. The van der Waals surface area contributed by atoms with Gasteiger partial charge in [0.25, 0.3) is 0 Å². The van der Waals surface area contributed by atoms with Gasteiger partial charge in [0.15, 0.2) is 6.10 Å². The minimum Gasteiger partial charge on any atom is -0.462 e. The Bertz CT molecular complexity index is 1400. The first-order valence-electron chi connectivity index (χ1n) is 23.0. The van der Waals surface area contributed by atoms with Crippen LogP contribution in [0.15, 0.2) is 122 Å². The van der Waals surface area contributed by atoms with Crippen LogP contribution in [0.1, 0.15) is 155 Å². The number of allylic oxidation sites excluding steroid dienone is 20. The molecule has 0 fully saturated rings. The number of nitrogens with two attached hydrogens (primary N) is 1. The maximum Gasteiger partial charge on any atom is 0.472 e. The Kier molecular flexibility index (Phi) is 43.2. The lowest BCUT2D eigenvalue weighted by Gasteiger charge is -2.19. The summed E-state index contributed by atoms with van der Waals surface area (Å²) in [6.07, 6.45) is 62.4. The zero-order chi connectivity index (χ0) is 44.6. The van der Waals surface area contributed by atoms with Crippen molar-refractivity contribution in [2.45, 2.75) is 161 Å². The Labute approximate surface area is 371 Å². The highest BCUT2D eigenvalue weighted by Crippen LogP contribution is 2.43. The van der Waals surface area contributed by atoms with Crippen LogP contribution in [0.4, 0.5) is 0 Å². The number of unbranched alkanes of at least 4 members (excludes halogenated alkanes) is 8. The summed E-state index contributed by atoms with van der Waals surface area (Å²) in [5, 5.41) is 0. The van der Waals surface area contributed by atoms with E-state index in [2.05, 4.69) is 129 Å². The summed E-state index contributed by atoms with van der Waals surface area (Å²) >= 11 is 0. The fourth-order valence-corrected chi connectivity index (χ4v) is 6.28. The molecule has 0 heterocycles. The Morgan fingerprint density at radius 1 is 0.492 bits per heavy atom.